The highest BCUT2D eigenvalue weighted by atomic mass is 16.5. The van der Waals surface area contributed by atoms with Gasteiger partial charge in [0.1, 0.15) is 6.61 Å². The van der Waals surface area contributed by atoms with Crippen molar-refractivity contribution in [3.8, 4) is 0 Å². The lowest BCUT2D eigenvalue weighted by atomic mass is 10.1. The Balaban J connectivity index is 3.80. The minimum Gasteiger partial charge on any atom is -0.479 e. The summed E-state index contributed by atoms with van der Waals surface area (Å²) in [6.07, 6.45) is -0.954. The van der Waals surface area contributed by atoms with Crippen LogP contribution in [0.25, 0.3) is 0 Å². The van der Waals surface area contributed by atoms with Crippen LogP contribution in [0.3, 0.4) is 0 Å². The van der Waals surface area contributed by atoms with Gasteiger partial charge in [0.25, 0.3) is 0 Å². The maximum absolute atomic E-state index is 11.3. The highest BCUT2D eigenvalue weighted by molar-refractivity contribution is 5.78. The number of aliphatic carboxylic acids is 1. The molecule has 0 heterocycles. The van der Waals surface area contributed by atoms with Crippen LogP contribution in [0.4, 0.5) is 0 Å². The molecule has 0 aromatic carbocycles. The number of carboxylic acid groups (broad SMARTS) is 1. The van der Waals surface area contributed by atoms with Crippen molar-refractivity contribution in [2.45, 2.75) is 39.8 Å². The van der Waals surface area contributed by atoms with Gasteiger partial charge in [-0.05, 0) is 19.8 Å². The molecule has 0 saturated heterocycles. The Bertz CT molecular complexity index is 227. The van der Waals surface area contributed by atoms with Gasteiger partial charge < -0.3 is 15.2 Å². The molecule has 0 aromatic rings. The van der Waals surface area contributed by atoms with Crippen molar-refractivity contribution in [2.24, 2.45) is 5.92 Å². The Morgan fingerprint density at radius 1 is 1.27 bits per heavy atom. The third-order valence-electron chi connectivity index (χ3n) is 2.20. The van der Waals surface area contributed by atoms with E-state index in [1.54, 1.807) is 0 Å². The third-order valence-corrected chi connectivity index (χ3v) is 2.20. The van der Waals surface area contributed by atoms with E-state index in [2.05, 4.69) is 5.32 Å². The summed E-state index contributed by atoms with van der Waals surface area (Å²) in [7, 11) is 0. The molecule has 5 heteroatoms. The minimum atomic E-state index is -1.07. The molecule has 0 radical (unpaired) electrons. The van der Waals surface area contributed by atoms with Gasteiger partial charge in [0.15, 0.2) is 6.10 Å². The Labute approximate surface area is 89.8 Å². The van der Waals surface area contributed by atoms with Crippen molar-refractivity contribution in [3.05, 3.63) is 0 Å². The van der Waals surface area contributed by atoms with E-state index in [0.717, 1.165) is 0 Å². The number of carbonyl (C=O) groups excluding carboxylic acids is 1. The highest BCUT2D eigenvalue weighted by Crippen LogP contribution is 1.99. The monoisotopic (exact) mass is 217 g/mol. The number of amides is 1. The average molecular weight is 217 g/mol. The maximum atomic E-state index is 11.3. The van der Waals surface area contributed by atoms with Crippen molar-refractivity contribution >= 4 is 11.9 Å². The van der Waals surface area contributed by atoms with Crippen LogP contribution in [-0.2, 0) is 14.3 Å². The molecule has 0 saturated carbocycles. The van der Waals surface area contributed by atoms with Crippen LogP contribution in [0.5, 0.6) is 0 Å². The van der Waals surface area contributed by atoms with E-state index < -0.39 is 12.1 Å². The van der Waals surface area contributed by atoms with Crippen molar-refractivity contribution in [1.29, 1.82) is 0 Å². The third kappa shape index (κ3) is 6.06. The van der Waals surface area contributed by atoms with Gasteiger partial charge in [0.2, 0.25) is 5.91 Å². The molecule has 2 atom stereocenters. The predicted molar refractivity (Wildman–Crippen MR) is 55.5 cm³/mol. The molecule has 0 aliphatic rings. The molecule has 0 bridgehead atoms. The summed E-state index contributed by atoms with van der Waals surface area (Å²) >= 11 is 0. The molecule has 0 aliphatic carbocycles. The summed E-state index contributed by atoms with van der Waals surface area (Å²) in [6, 6.07) is 0.0567. The highest BCUT2D eigenvalue weighted by Gasteiger charge is 2.15. The zero-order valence-electron chi connectivity index (χ0n) is 9.61. The van der Waals surface area contributed by atoms with E-state index in [9.17, 15) is 9.59 Å². The summed E-state index contributed by atoms with van der Waals surface area (Å²) in [5.74, 6) is -1.02. The second-order valence-corrected chi connectivity index (χ2v) is 3.89. The first kappa shape index (κ1) is 13.9. The van der Waals surface area contributed by atoms with Crippen LogP contribution in [0.2, 0.25) is 0 Å². The summed E-state index contributed by atoms with van der Waals surface area (Å²) in [6.45, 7) is 7.05. The van der Waals surface area contributed by atoms with Crippen LogP contribution in [-0.4, -0.2) is 35.7 Å². The average Bonchev–Trinajstić information content (AvgIpc) is 2.13. The van der Waals surface area contributed by atoms with E-state index in [0.29, 0.717) is 5.92 Å². The molecule has 2 N–H and O–H groups in total. The number of nitrogens with one attached hydrogen (secondary N) is 1. The van der Waals surface area contributed by atoms with Crippen molar-refractivity contribution in [2.75, 3.05) is 6.61 Å². The number of hydrogen-bond donors (Lipinski definition) is 2. The molecule has 0 fully saturated rings. The minimum absolute atomic E-state index is 0.0567. The summed E-state index contributed by atoms with van der Waals surface area (Å²) in [4.78, 5) is 21.6. The lowest BCUT2D eigenvalue weighted by Crippen LogP contribution is -2.39. The van der Waals surface area contributed by atoms with E-state index in [1.807, 2.05) is 20.8 Å². The molecule has 0 spiro atoms. The van der Waals surface area contributed by atoms with Crippen LogP contribution < -0.4 is 5.32 Å². The van der Waals surface area contributed by atoms with E-state index in [4.69, 9.17) is 9.84 Å². The summed E-state index contributed by atoms with van der Waals surface area (Å²) in [5, 5.41) is 11.2. The molecule has 5 nitrogen and oxygen atoms in total. The first-order valence-electron chi connectivity index (χ1n) is 4.98. The molecule has 0 aliphatic heterocycles. The topological polar surface area (TPSA) is 75.6 Å². The fourth-order valence-electron chi connectivity index (χ4n) is 0.734. The van der Waals surface area contributed by atoms with Gasteiger partial charge in [-0.3, -0.25) is 4.79 Å². The molecule has 0 aromatic heterocycles. The molecule has 1 amide bonds. The van der Waals surface area contributed by atoms with Crippen LogP contribution in [0.1, 0.15) is 27.7 Å². The Morgan fingerprint density at radius 3 is 2.20 bits per heavy atom. The van der Waals surface area contributed by atoms with Crippen LogP contribution in [0.15, 0.2) is 0 Å². The first-order chi connectivity index (χ1) is 6.84. The van der Waals surface area contributed by atoms with Crippen molar-refractivity contribution in [1.82, 2.24) is 5.32 Å². The van der Waals surface area contributed by atoms with Gasteiger partial charge in [-0.15, -0.1) is 0 Å². The normalized spacial score (nSPS) is 14.7. The fourth-order valence-corrected chi connectivity index (χ4v) is 0.734. The number of ether oxygens (including phenoxy) is 1. The number of carbonyl (C=O) groups is 2. The fraction of sp³-hybridized carbons (Fsp3) is 0.800. The molecular formula is C10H19NO4. The van der Waals surface area contributed by atoms with Crippen LogP contribution in [0, 0.1) is 5.92 Å². The SMILES string of the molecule is CC(C)C(C)NC(=O)CO[C@@H](C)C(=O)O. The smallest absolute Gasteiger partial charge is 0.332 e. The molecular weight excluding hydrogens is 198 g/mol. The maximum Gasteiger partial charge on any atom is 0.332 e. The lowest BCUT2D eigenvalue weighted by Gasteiger charge is -2.17. The second-order valence-electron chi connectivity index (χ2n) is 3.89. The first-order valence-corrected chi connectivity index (χ1v) is 4.98. The largest absolute Gasteiger partial charge is 0.479 e. The zero-order valence-corrected chi connectivity index (χ0v) is 9.61. The van der Waals surface area contributed by atoms with Gasteiger partial charge in [0, 0.05) is 6.04 Å². The molecule has 15 heavy (non-hydrogen) atoms. The molecule has 88 valence electrons. The van der Waals surface area contributed by atoms with Gasteiger partial charge in [-0.1, -0.05) is 13.8 Å². The van der Waals surface area contributed by atoms with Gasteiger partial charge in [0.05, 0.1) is 0 Å². The molecule has 0 rings (SSSR count). The van der Waals surface area contributed by atoms with Crippen LogP contribution >= 0.6 is 0 Å². The Kier molecular flexibility index (Phi) is 5.93. The summed E-state index contributed by atoms with van der Waals surface area (Å²) < 4.78 is 4.83. The van der Waals surface area contributed by atoms with Crippen molar-refractivity contribution < 1.29 is 19.4 Å². The summed E-state index contributed by atoms with van der Waals surface area (Å²) in [5.41, 5.74) is 0. The Hall–Kier alpha value is -1.10. The van der Waals surface area contributed by atoms with Gasteiger partial charge in [-0.25, -0.2) is 4.79 Å². The van der Waals surface area contributed by atoms with Gasteiger partial charge >= 0.3 is 5.97 Å². The number of hydrogen-bond acceptors (Lipinski definition) is 3. The zero-order chi connectivity index (χ0) is 12.0. The number of carboxylic acids is 1. The van der Waals surface area contributed by atoms with E-state index >= 15 is 0 Å². The second kappa shape index (κ2) is 6.40. The quantitative estimate of drug-likeness (QED) is 0.684. The van der Waals surface area contributed by atoms with E-state index in [1.165, 1.54) is 6.92 Å². The van der Waals surface area contributed by atoms with Gasteiger partial charge in [-0.2, -0.15) is 0 Å². The number of rotatable bonds is 6. The lowest BCUT2D eigenvalue weighted by molar-refractivity contribution is -0.150. The van der Waals surface area contributed by atoms with E-state index in [-0.39, 0.29) is 18.6 Å². The van der Waals surface area contributed by atoms with Crippen molar-refractivity contribution in [3.63, 3.8) is 0 Å². The molecule has 1 unspecified atom stereocenters. The Morgan fingerprint density at radius 2 is 1.80 bits per heavy atom. The predicted octanol–water partition coefficient (Wildman–Crippen LogP) is 0.637. The standard InChI is InChI=1S/C10H19NO4/c1-6(2)7(3)11-9(12)5-15-8(4)10(13)14/h6-8H,5H2,1-4H3,(H,11,12)(H,13,14)/t7?,8-/m0/s1.